The summed E-state index contributed by atoms with van der Waals surface area (Å²) >= 11 is 1.44. The Kier molecular flexibility index (Phi) is 4.12. The quantitative estimate of drug-likeness (QED) is 0.472. The van der Waals surface area contributed by atoms with Gasteiger partial charge < -0.3 is 11.1 Å². The number of benzene rings is 2. The second-order valence-corrected chi connectivity index (χ2v) is 6.44. The first-order valence-corrected chi connectivity index (χ1v) is 7.93. The van der Waals surface area contributed by atoms with Gasteiger partial charge in [-0.3, -0.25) is 5.41 Å². The van der Waals surface area contributed by atoms with E-state index in [1.54, 1.807) is 6.07 Å². The van der Waals surface area contributed by atoms with E-state index in [-0.39, 0.29) is 11.7 Å². The van der Waals surface area contributed by atoms with Crippen molar-refractivity contribution in [3.05, 3.63) is 70.2 Å². The van der Waals surface area contributed by atoms with Crippen molar-refractivity contribution in [2.45, 2.75) is 6.92 Å². The van der Waals surface area contributed by atoms with Crippen molar-refractivity contribution in [2.75, 3.05) is 5.32 Å². The number of amidine groups is 1. The number of hydrogen-bond donors (Lipinski definition) is 3. The van der Waals surface area contributed by atoms with Crippen LogP contribution in [0.15, 0.2) is 54.6 Å². The lowest BCUT2D eigenvalue weighted by atomic mass is 10.0. The molecule has 0 radical (unpaired) electrons. The molecule has 116 valence electrons. The Morgan fingerprint density at radius 1 is 1.13 bits per heavy atom. The first kappa shape index (κ1) is 15.2. The summed E-state index contributed by atoms with van der Waals surface area (Å²) in [6.45, 7) is 1.94. The highest BCUT2D eigenvalue weighted by Crippen LogP contribution is 2.31. The van der Waals surface area contributed by atoms with Gasteiger partial charge >= 0.3 is 0 Å². The molecular formula is C18H16FN3S. The van der Waals surface area contributed by atoms with Crippen molar-refractivity contribution in [1.29, 1.82) is 5.41 Å². The number of rotatable bonds is 4. The molecule has 0 saturated heterocycles. The van der Waals surface area contributed by atoms with Crippen LogP contribution < -0.4 is 11.1 Å². The van der Waals surface area contributed by atoms with Gasteiger partial charge in [-0.05, 0) is 36.8 Å². The lowest BCUT2D eigenvalue weighted by molar-refractivity contribution is 0.632. The maximum Gasteiger partial charge on any atom is 0.133 e. The molecule has 0 unspecified atom stereocenters. The lowest BCUT2D eigenvalue weighted by Crippen LogP contribution is -2.08. The van der Waals surface area contributed by atoms with Gasteiger partial charge in [0, 0.05) is 16.1 Å². The number of nitrogen functional groups attached to an aromatic ring is 1. The van der Waals surface area contributed by atoms with Crippen LogP contribution in [0, 0.1) is 18.2 Å². The molecule has 0 saturated carbocycles. The normalized spacial score (nSPS) is 10.5. The summed E-state index contributed by atoms with van der Waals surface area (Å²) < 4.78 is 14.4. The van der Waals surface area contributed by atoms with Crippen LogP contribution in [0.1, 0.15) is 9.75 Å². The van der Waals surface area contributed by atoms with Crippen LogP contribution in [0.5, 0.6) is 0 Å². The summed E-state index contributed by atoms with van der Waals surface area (Å²) in [6, 6.07) is 16.3. The van der Waals surface area contributed by atoms with Crippen LogP contribution in [0.4, 0.5) is 15.8 Å². The SMILES string of the molecule is Cc1sc(C(=N)N)cc1Nc1ccc(-c2ccccc2)c(F)c1. The predicted molar refractivity (Wildman–Crippen MR) is 95.2 cm³/mol. The molecule has 0 atom stereocenters. The van der Waals surface area contributed by atoms with Crippen LogP contribution >= 0.6 is 11.3 Å². The zero-order valence-corrected chi connectivity index (χ0v) is 13.4. The van der Waals surface area contributed by atoms with Gasteiger partial charge in [-0.25, -0.2) is 4.39 Å². The van der Waals surface area contributed by atoms with E-state index in [0.29, 0.717) is 16.1 Å². The number of hydrogen-bond acceptors (Lipinski definition) is 3. The third-order valence-electron chi connectivity index (χ3n) is 3.52. The second-order valence-electron chi connectivity index (χ2n) is 5.18. The van der Waals surface area contributed by atoms with E-state index >= 15 is 0 Å². The number of halogens is 1. The van der Waals surface area contributed by atoms with Crippen molar-refractivity contribution in [2.24, 2.45) is 5.73 Å². The molecule has 3 nitrogen and oxygen atoms in total. The van der Waals surface area contributed by atoms with Crippen molar-refractivity contribution in [1.82, 2.24) is 0 Å². The number of nitrogens with one attached hydrogen (secondary N) is 2. The molecule has 0 aliphatic carbocycles. The van der Waals surface area contributed by atoms with E-state index in [1.807, 2.05) is 49.4 Å². The Morgan fingerprint density at radius 3 is 2.48 bits per heavy atom. The highest BCUT2D eigenvalue weighted by molar-refractivity contribution is 7.14. The van der Waals surface area contributed by atoms with Gasteiger partial charge in [0.2, 0.25) is 0 Å². The van der Waals surface area contributed by atoms with Gasteiger partial charge in [-0.15, -0.1) is 11.3 Å². The second kappa shape index (κ2) is 6.22. The van der Waals surface area contributed by atoms with E-state index in [2.05, 4.69) is 5.32 Å². The Morgan fingerprint density at radius 2 is 1.87 bits per heavy atom. The molecule has 1 heterocycles. The third-order valence-corrected chi connectivity index (χ3v) is 4.60. The van der Waals surface area contributed by atoms with Crippen LogP contribution in [-0.4, -0.2) is 5.84 Å². The summed E-state index contributed by atoms with van der Waals surface area (Å²) in [5.74, 6) is -0.238. The van der Waals surface area contributed by atoms with Gasteiger partial charge in [0.25, 0.3) is 0 Å². The van der Waals surface area contributed by atoms with Crippen LogP contribution in [-0.2, 0) is 0 Å². The number of thiophene rings is 1. The molecule has 0 spiro atoms. The molecule has 0 bridgehead atoms. The van der Waals surface area contributed by atoms with E-state index < -0.39 is 0 Å². The summed E-state index contributed by atoms with van der Waals surface area (Å²) in [4.78, 5) is 1.70. The summed E-state index contributed by atoms with van der Waals surface area (Å²) in [6.07, 6.45) is 0. The molecular weight excluding hydrogens is 309 g/mol. The Hall–Kier alpha value is -2.66. The zero-order chi connectivity index (χ0) is 16.4. The minimum absolute atomic E-state index is 0.0387. The Balaban J connectivity index is 1.88. The fourth-order valence-electron chi connectivity index (χ4n) is 2.34. The zero-order valence-electron chi connectivity index (χ0n) is 12.6. The highest BCUT2D eigenvalue weighted by atomic mass is 32.1. The Labute approximate surface area is 138 Å². The molecule has 3 rings (SSSR count). The molecule has 3 aromatic rings. The Bertz CT molecular complexity index is 856. The molecule has 23 heavy (non-hydrogen) atoms. The molecule has 0 amide bonds. The smallest absolute Gasteiger partial charge is 0.133 e. The molecule has 5 heteroatoms. The van der Waals surface area contributed by atoms with E-state index in [9.17, 15) is 4.39 Å². The van der Waals surface area contributed by atoms with Crippen molar-refractivity contribution in [3.8, 4) is 11.1 Å². The summed E-state index contributed by atoms with van der Waals surface area (Å²) in [5.41, 5.74) is 8.43. The number of anilines is 2. The van der Waals surface area contributed by atoms with E-state index in [1.165, 1.54) is 17.4 Å². The molecule has 2 aromatic carbocycles. The number of aryl methyl sites for hydroxylation is 1. The molecule has 1 aromatic heterocycles. The third kappa shape index (κ3) is 3.24. The fourth-order valence-corrected chi connectivity index (χ4v) is 3.18. The van der Waals surface area contributed by atoms with Crippen molar-refractivity contribution < 1.29 is 4.39 Å². The first-order valence-electron chi connectivity index (χ1n) is 7.11. The first-order chi connectivity index (χ1) is 11.0. The highest BCUT2D eigenvalue weighted by Gasteiger charge is 2.10. The predicted octanol–water partition coefficient (Wildman–Crippen LogP) is 4.89. The van der Waals surface area contributed by atoms with Gasteiger partial charge in [-0.2, -0.15) is 0 Å². The summed E-state index contributed by atoms with van der Waals surface area (Å²) in [5, 5.41) is 10.7. The molecule has 4 N–H and O–H groups in total. The maximum atomic E-state index is 14.4. The minimum atomic E-state index is -0.277. The molecule has 0 fully saturated rings. The summed E-state index contributed by atoms with van der Waals surface area (Å²) in [7, 11) is 0. The van der Waals surface area contributed by atoms with Crippen molar-refractivity contribution in [3.63, 3.8) is 0 Å². The van der Waals surface area contributed by atoms with Gasteiger partial charge in [0.05, 0.1) is 10.6 Å². The minimum Gasteiger partial charge on any atom is -0.383 e. The molecule has 0 aliphatic heterocycles. The standard InChI is InChI=1S/C18H16FN3S/c1-11-16(10-17(23-11)18(20)21)22-13-7-8-14(15(19)9-13)12-5-3-2-4-6-12/h2-10,22H,1H3,(H3,20,21). The van der Waals surface area contributed by atoms with Gasteiger partial charge in [0.15, 0.2) is 0 Å². The van der Waals surface area contributed by atoms with E-state index in [4.69, 9.17) is 11.1 Å². The van der Waals surface area contributed by atoms with Crippen LogP contribution in [0.3, 0.4) is 0 Å². The fraction of sp³-hybridized carbons (Fsp3) is 0.0556. The topological polar surface area (TPSA) is 61.9 Å². The molecule has 0 aliphatic rings. The van der Waals surface area contributed by atoms with Crippen LogP contribution in [0.2, 0.25) is 0 Å². The average molecular weight is 325 g/mol. The monoisotopic (exact) mass is 325 g/mol. The van der Waals surface area contributed by atoms with Gasteiger partial charge in [-0.1, -0.05) is 30.3 Å². The van der Waals surface area contributed by atoms with E-state index in [0.717, 1.165) is 16.1 Å². The lowest BCUT2D eigenvalue weighted by Gasteiger charge is -2.09. The average Bonchev–Trinajstić information content (AvgIpc) is 2.90. The van der Waals surface area contributed by atoms with Gasteiger partial charge in [0.1, 0.15) is 11.7 Å². The van der Waals surface area contributed by atoms with Crippen LogP contribution in [0.25, 0.3) is 11.1 Å². The van der Waals surface area contributed by atoms with Crippen molar-refractivity contribution >= 4 is 28.5 Å². The maximum absolute atomic E-state index is 14.4. The largest absolute Gasteiger partial charge is 0.383 e. The number of nitrogens with two attached hydrogens (primary N) is 1.